The van der Waals surface area contributed by atoms with Crippen molar-refractivity contribution in [1.82, 2.24) is 9.62 Å². The van der Waals surface area contributed by atoms with E-state index in [1.54, 1.807) is 12.1 Å². The van der Waals surface area contributed by atoms with E-state index in [1.807, 2.05) is 0 Å². The maximum Gasteiger partial charge on any atom is 0.244 e. The van der Waals surface area contributed by atoms with Crippen molar-refractivity contribution in [2.75, 3.05) is 25.9 Å². The van der Waals surface area contributed by atoms with Gasteiger partial charge in [-0.05, 0) is 44.0 Å². The Morgan fingerprint density at radius 3 is 2.90 bits per heavy atom. The number of nitrogens with one attached hydrogen (secondary N) is 1. The molecule has 0 spiro atoms. The number of nitrogens with zero attached hydrogens (tertiary/aromatic N) is 1. The van der Waals surface area contributed by atoms with Crippen LogP contribution in [0.3, 0.4) is 0 Å². The first-order valence-corrected chi connectivity index (χ1v) is 8.69. The number of methoxy groups -OCH3 is 1. The number of fused-ring (bicyclic) bond motifs is 1. The molecule has 116 valence electrons. The second-order valence-corrected chi connectivity index (χ2v) is 7.35. The molecular formula is C14H21N3O3S. The third-order valence-corrected chi connectivity index (χ3v) is 5.90. The van der Waals surface area contributed by atoms with E-state index in [4.69, 9.17) is 10.5 Å². The predicted molar refractivity (Wildman–Crippen MR) is 80.7 cm³/mol. The van der Waals surface area contributed by atoms with E-state index in [1.165, 1.54) is 13.2 Å². The van der Waals surface area contributed by atoms with Crippen molar-refractivity contribution < 1.29 is 13.2 Å². The minimum Gasteiger partial charge on any atom is -0.495 e. The Bertz CT molecular complexity index is 632. The summed E-state index contributed by atoms with van der Waals surface area (Å²) >= 11 is 0. The Labute approximate surface area is 125 Å². The first-order valence-electron chi connectivity index (χ1n) is 7.21. The monoisotopic (exact) mass is 311 g/mol. The standard InChI is InChI=1S/C14H21N3O3S/c1-20-13-5-4-10(15)9-14(13)21(18,19)16-11-6-8-17-7-2-3-12(11)17/h4-5,9,11-12,16H,2-3,6-8,15H2,1H3. The van der Waals surface area contributed by atoms with Gasteiger partial charge < -0.3 is 10.5 Å². The average Bonchev–Trinajstić information content (AvgIpc) is 3.04. The van der Waals surface area contributed by atoms with E-state index < -0.39 is 10.0 Å². The molecule has 1 aromatic carbocycles. The molecule has 2 saturated heterocycles. The van der Waals surface area contributed by atoms with E-state index in [2.05, 4.69) is 9.62 Å². The number of nitrogens with two attached hydrogens (primary N) is 1. The highest BCUT2D eigenvalue weighted by Gasteiger charge is 2.39. The van der Waals surface area contributed by atoms with Crippen molar-refractivity contribution in [3.63, 3.8) is 0 Å². The van der Waals surface area contributed by atoms with Crippen molar-refractivity contribution in [2.45, 2.75) is 36.2 Å². The van der Waals surface area contributed by atoms with Gasteiger partial charge in [0.05, 0.1) is 7.11 Å². The van der Waals surface area contributed by atoms with E-state index in [9.17, 15) is 8.42 Å². The predicted octanol–water partition coefficient (Wildman–Crippen LogP) is 0.792. The number of nitrogen functional groups attached to an aromatic ring is 1. The number of ether oxygens (including phenoxy) is 1. The molecule has 21 heavy (non-hydrogen) atoms. The fourth-order valence-electron chi connectivity index (χ4n) is 3.39. The van der Waals surface area contributed by atoms with Crippen molar-refractivity contribution in [3.8, 4) is 5.75 Å². The Morgan fingerprint density at radius 2 is 2.14 bits per heavy atom. The van der Waals surface area contributed by atoms with Crippen LogP contribution in [0.4, 0.5) is 5.69 Å². The molecule has 0 saturated carbocycles. The summed E-state index contributed by atoms with van der Waals surface area (Å²) in [6.07, 6.45) is 3.06. The van der Waals surface area contributed by atoms with Crippen LogP contribution < -0.4 is 15.2 Å². The summed E-state index contributed by atoms with van der Waals surface area (Å²) in [5, 5.41) is 0. The van der Waals surface area contributed by atoms with Crippen LogP contribution >= 0.6 is 0 Å². The van der Waals surface area contributed by atoms with Gasteiger partial charge in [0, 0.05) is 24.3 Å². The van der Waals surface area contributed by atoms with E-state index in [0.29, 0.717) is 17.5 Å². The molecule has 2 atom stereocenters. The number of anilines is 1. The summed E-state index contributed by atoms with van der Waals surface area (Å²) in [5.41, 5.74) is 6.12. The molecule has 2 unspecified atom stereocenters. The van der Waals surface area contributed by atoms with Crippen molar-refractivity contribution in [2.24, 2.45) is 0 Å². The number of rotatable bonds is 4. The van der Waals surface area contributed by atoms with Crippen LogP contribution in [0.15, 0.2) is 23.1 Å². The average molecular weight is 311 g/mol. The highest BCUT2D eigenvalue weighted by molar-refractivity contribution is 7.89. The summed E-state index contributed by atoms with van der Waals surface area (Å²) in [4.78, 5) is 2.48. The van der Waals surface area contributed by atoms with Gasteiger partial charge in [0.1, 0.15) is 10.6 Å². The lowest BCUT2D eigenvalue weighted by Crippen LogP contribution is -2.42. The number of benzene rings is 1. The molecule has 0 bridgehead atoms. The first kappa shape index (κ1) is 14.6. The lowest BCUT2D eigenvalue weighted by molar-refractivity contribution is 0.308. The highest BCUT2D eigenvalue weighted by Crippen LogP contribution is 2.31. The largest absolute Gasteiger partial charge is 0.495 e. The lowest BCUT2D eigenvalue weighted by Gasteiger charge is -2.21. The Balaban J connectivity index is 1.86. The van der Waals surface area contributed by atoms with Gasteiger partial charge in [-0.1, -0.05) is 0 Å². The summed E-state index contributed by atoms with van der Waals surface area (Å²) < 4.78 is 33.3. The SMILES string of the molecule is COc1ccc(N)cc1S(=O)(=O)NC1CCN2CCCC12. The molecule has 2 heterocycles. The molecule has 0 aliphatic carbocycles. The molecule has 2 fully saturated rings. The molecule has 3 N–H and O–H groups in total. The third-order valence-electron chi connectivity index (χ3n) is 4.39. The number of sulfonamides is 1. The summed E-state index contributed by atoms with van der Waals surface area (Å²) in [7, 11) is -2.17. The quantitative estimate of drug-likeness (QED) is 0.803. The minimum absolute atomic E-state index is 0.0244. The minimum atomic E-state index is -3.63. The second-order valence-electron chi connectivity index (χ2n) is 5.67. The van der Waals surface area contributed by atoms with E-state index >= 15 is 0 Å². The van der Waals surface area contributed by atoms with Gasteiger partial charge in [-0.15, -0.1) is 0 Å². The zero-order valence-corrected chi connectivity index (χ0v) is 12.9. The number of hydrogen-bond acceptors (Lipinski definition) is 5. The fraction of sp³-hybridized carbons (Fsp3) is 0.571. The van der Waals surface area contributed by atoms with Gasteiger partial charge in [0.25, 0.3) is 0 Å². The Kier molecular flexibility index (Phi) is 3.81. The molecule has 2 aliphatic rings. The lowest BCUT2D eigenvalue weighted by atomic mass is 10.1. The smallest absolute Gasteiger partial charge is 0.244 e. The Hall–Kier alpha value is -1.31. The van der Waals surface area contributed by atoms with Gasteiger partial charge in [-0.25, -0.2) is 13.1 Å². The molecule has 0 aromatic heterocycles. The summed E-state index contributed by atoms with van der Waals surface area (Å²) in [5.74, 6) is 0.318. The second kappa shape index (κ2) is 5.47. The fourth-order valence-corrected chi connectivity index (χ4v) is 4.89. The molecule has 0 amide bonds. The van der Waals surface area contributed by atoms with Crippen LogP contribution in [0, 0.1) is 0 Å². The summed E-state index contributed by atoms with van der Waals surface area (Å²) in [6.45, 7) is 2.04. The molecular weight excluding hydrogens is 290 g/mol. The van der Waals surface area contributed by atoms with Gasteiger partial charge >= 0.3 is 0 Å². The topological polar surface area (TPSA) is 84.7 Å². The zero-order chi connectivity index (χ0) is 15.0. The first-order chi connectivity index (χ1) is 10.0. The van der Waals surface area contributed by atoms with Crippen molar-refractivity contribution in [1.29, 1.82) is 0 Å². The third kappa shape index (κ3) is 2.73. The van der Waals surface area contributed by atoms with E-state index in [-0.39, 0.29) is 10.9 Å². The maximum absolute atomic E-state index is 12.6. The normalized spacial score (nSPS) is 26.0. The molecule has 0 radical (unpaired) electrons. The van der Waals surface area contributed by atoms with E-state index in [0.717, 1.165) is 32.4 Å². The van der Waals surface area contributed by atoms with Crippen LogP contribution in [0.5, 0.6) is 5.75 Å². The molecule has 2 aliphatic heterocycles. The zero-order valence-electron chi connectivity index (χ0n) is 12.1. The van der Waals surface area contributed by atoms with Crippen LogP contribution in [0.2, 0.25) is 0 Å². The van der Waals surface area contributed by atoms with Crippen LogP contribution in [0.25, 0.3) is 0 Å². The van der Waals surface area contributed by atoms with Crippen LogP contribution in [-0.2, 0) is 10.0 Å². The molecule has 6 nitrogen and oxygen atoms in total. The number of hydrogen-bond donors (Lipinski definition) is 2. The van der Waals surface area contributed by atoms with Crippen LogP contribution in [-0.4, -0.2) is 45.6 Å². The molecule has 7 heteroatoms. The maximum atomic E-state index is 12.6. The van der Waals surface area contributed by atoms with Gasteiger partial charge in [0.2, 0.25) is 10.0 Å². The highest BCUT2D eigenvalue weighted by atomic mass is 32.2. The molecule has 3 rings (SSSR count). The summed E-state index contributed by atoms with van der Waals surface area (Å²) in [6, 6.07) is 4.96. The Morgan fingerprint density at radius 1 is 1.33 bits per heavy atom. The van der Waals surface area contributed by atoms with Crippen molar-refractivity contribution in [3.05, 3.63) is 18.2 Å². The van der Waals surface area contributed by atoms with Gasteiger partial charge in [-0.2, -0.15) is 0 Å². The van der Waals surface area contributed by atoms with Gasteiger partial charge in [-0.3, -0.25) is 4.90 Å². The van der Waals surface area contributed by atoms with Crippen LogP contribution in [0.1, 0.15) is 19.3 Å². The van der Waals surface area contributed by atoms with Crippen molar-refractivity contribution >= 4 is 15.7 Å². The molecule has 1 aromatic rings. The van der Waals surface area contributed by atoms with Gasteiger partial charge in [0.15, 0.2) is 0 Å².